The molecule has 0 aromatic heterocycles. The van der Waals surface area contributed by atoms with E-state index in [0.29, 0.717) is 10.6 Å². The van der Waals surface area contributed by atoms with Gasteiger partial charge in [-0.3, -0.25) is 14.5 Å². The third-order valence-electron chi connectivity index (χ3n) is 4.34. The van der Waals surface area contributed by atoms with Gasteiger partial charge in [-0.25, -0.2) is 0 Å². The smallest absolute Gasteiger partial charge is 0.365 e. The highest BCUT2D eigenvalue weighted by molar-refractivity contribution is 6.05. The number of fused-ring (bicyclic) bond motifs is 1. The average Bonchev–Trinajstić information content (AvgIpc) is 2.77. The van der Waals surface area contributed by atoms with Crippen molar-refractivity contribution in [2.24, 2.45) is 0 Å². The van der Waals surface area contributed by atoms with Crippen LogP contribution in [0.1, 0.15) is 6.42 Å². The Bertz CT molecular complexity index is 840. The predicted molar refractivity (Wildman–Crippen MR) is 96.7 cm³/mol. The van der Waals surface area contributed by atoms with Gasteiger partial charge in [-0.1, -0.05) is 30.3 Å². The van der Waals surface area contributed by atoms with E-state index in [1.54, 1.807) is 48.3 Å². The van der Waals surface area contributed by atoms with E-state index in [4.69, 9.17) is 0 Å². The zero-order chi connectivity index (χ0) is 19.6. The lowest BCUT2D eigenvalue weighted by molar-refractivity contribution is -0.157. The Morgan fingerprint density at radius 1 is 1.15 bits per heavy atom. The van der Waals surface area contributed by atoms with Gasteiger partial charge in [0.25, 0.3) is 0 Å². The van der Waals surface area contributed by atoms with Gasteiger partial charge in [0.1, 0.15) is 6.04 Å². The zero-order valence-corrected chi connectivity index (χ0v) is 14.5. The van der Waals surface area contributed by atoms with Gasteiger partial charge in [0, 0.05) is 12.7 Å². The highest BCUT2D eigenvalue weighted by Gasteiger charge is 2.49. The molecule has 27 heavy (non-hydrogen) atoms. The van der Waals surface area contributed by atoms with Crippen molar-refractivity contribution >= 4 is 28.9 Å². The first-order valence-electron chi connectivity index (χ1n) is 8.31. The lowest BCUT2D eigenvalue weighted by Crippen LogP contribution is -2.52. The van der Waals surface area contributed by atoms with Crippen LogP contribution >= 0.6 is 0 Å². The Morgan fingerprint density at radius 3 is 2.44 bits per heavy atom. The second kappa shape index (κ2) is 7.30. The minimum atomic E-state index is -4.74. The summed E-state index contributed by atoms with van der Waals surface area (Å²) in [4.78, 5) is 27.1. The molecule has 0 bridgehead atoms. The van der Waals surface area contributed by atoms with Crippen LogP contribution in [0.2, 0.25) is 0 Å². The van der Waals surface area contributed by atoms with Gasteiger partial charge in [-0.05, 0) is 24.3 Å². The number of hydrogen-bond donors (Lipinski definition) is 1. The molecule has 1 N–H and O–H groups in total. The number of nitrogens with zero attached hydrogens (tertiary/aromatic N) is 2. The van der Waals surface area contributed by atoms with Crippen LogP contribution < -0.4 is 15.1 Å². The molecule has 2 amide bonds. The third-order valence-corrected chi connectivity index (χ3v) is 4.34. The molecule has 3 rings (SSSR count). The quantitative estimate of drug-likeness (QED) is 0.892. The van der Waals surface area contributed by atoms with Crippen molar-refractivity contribution in [3.8, 4) is 0 Å². The molecule has 0 fully saturated rings. The molecule has 8 heteroatoms. The molecule has 2 aromatic rings. The summed E-state index contributed by atoms with van der Waals surface area (Å²) in [6, 6.07) is 12.7. The van der Waals surface area contributed by atoms with Crippen LogP contribution in [0.4, 0.5) is 30.2 Å². The fourth-order valence-corrected chi connectivity index (χ4v) is 3.05. The highest BCUT2D eigenvalue weighted by atomic mass is 19.4. The molecule has 0 spiro atoms. The number of benzene rings is 2. The fourth-order valence-electron chi connectivity index (χ4n) is 3.05. The number of hydrogen-bond acceptors (Lipinski definition) is 3. The number of carbonyl (C=O) groups is 2. The molecule has 1 aliphatic rings. The van der Waals surface area contributed by atoms with Gasteiger partial charge in [0.15, 0.2) is 0 Å². The van der Waals surface area contributed by atoms with Gasteiger partial charge >= 0.3 is 6.18 Å². The number of halogens is 3. The summed E-state index contributed by atoms with van der Waals surface area (Å²) in [5.74, 6) is -1.52. The summed E-state index contributed by atoms with van der Waals surface area (Å²) < 4.78 is 41.0. The molecule has 0 saturated carbocycles. The van der Waals surface area contributed by atoms with Crippen LogP contribution in [0.5, 0.6) is 0 Å². The van der Waals surface area contributed by atoms with Crippen LogP contribution in [-0.2, 0) is 9.59 Å². The molecular weight excluding hydrogens is 359 g/mol. The summed E-state index contributed by atoms with van der Waals surface area (Å²) in [6.45, 7) is -0.265. The van der Waals surface area contributed by atoms with Crippen molar-refractivity contribution in [2.75, 3.05) is 28.7 Å². The highest BCUT2D eigenvalue weighted by Crippen LogP contribution is 2.37. The molecule has 0 unspecified atom stereocenters. The first kappa shape index (κ1) is 18.8. The van der Waals surface area contributed by atoms with Crippen molar-refractivity contribution in [3.63, 3.8) is 0 Å². The van der Waals surface area contributed by atoms with Gasteiger partial charge < -0.3 is 10.2 Å². The van der Waals surface area contributed by atoms with E-state index in [1.807, 2.05) is 0 Å². The minimum absolute atomic E-state index is 0.0390. The molecule has 1 aliphatic heterocycles. The predicted octanol–water partition coefficient (Wildman–Crippen LogP) is 3.43. The Hall–Kier alpha value is -3.03. The molecule has 5 nitrogen and oxygen atoms in total. The van der Waals surface area contributed by atoms with Gasteiger partial charge in [-0.15, -0.1) is 0 Å². The summed E-state index contributed by atoms with van der Waals surface area (Å²) in [5, 5.41) is 2.45. The topological polar surface area (TPSA) is 52.7 Å². The van der Waals surface area contributed by atoms with E-state index >= 15 is 0 Å². The summed E-state index contributed by atoms with van der Waals surface area (Å²) in [5.41, 5.74) is 0.925. The number of alkyl halides is 3. The maximum atomic E-state index is 13.7. The van der Waals surface area contributed by atoms with E-state index in [-0.39, 0.29) is 17.9 Å². The van der Waals surface area contributed by atoms with Crippen molar-refractivity contribution in [1.82, 2.24) is 0 Å². The number of amides is 2. The van der Waals surface area contributed by atoms with E-state index in [2.05, 4.69) is 5.32 Å². The van der Waals surface area contributed by atoms with Crippen LogP contribution in [0, 0.1) is 0 Å². The first-order chi connectivity index (χ1) is 12.8. The van der Waals surface area contributed by atoms with Crippen molar-refractivity contribution in [3.05, 3.63) is 54.6 Å². The van der Waals surface area contributed by atoms with Crippen molar-refractivity contribution in [1.29, 1.82) is 0 Å². The second-order valence-electron chi connectivity index (χ2n) is 6.28. The number of likely N-dealkylation sites (N-methyl/N-ethyl adjacent to an activating group) is 1. The zero-order valence-electron chi connectivity index (χ0n) is 14.5. The maximum absolute atomic E-state index is 13.7. The van der Waals surface area contributed by atoms with Gasteiger partial charge in [-0.2, -0.15) is 13.2 Å². The summed E-state index contributed by atoms with van der Waals surface area (Å²) in [7, 11) is 1.63. The Kier molecular flexibility index (Phi) is 5.07. The molecule has 1 heterocycles. The summed E-state index contributed by atoms with van der Waals surface area (Å²) in [6.07, 6.45) is -5.59. The van der Waals surface area contributed by atoms with Crippen LogP contribution in [-0.4, -0.2) is 37.6 Å². The molecule has 0 saturated heterocycles. The third kappa shape index (κ3) is 4.05. The summed E-state index contributed by atoms with van der Waals surface area (Å²) >= 11 is 0. The molecular formula is C19H18F3N3O2. The molecule has 142 valence electrons. The fraction of sp³-hybridized carbons (Fsp3) is 0.263. The number of carbonyl (C=O) groups excluding carboxylic acids is 2. The van der Waals surface area contributed by atoms with Gasteiger partial charge in [0.2, 0.25) is 11.8 Å². The van der Waals surface area contributed by atoms with Crippen LogP contribution in [0.15, 0.2) is 54.6 Å². The van der Waals surface area contributed by atoms with Crippen molar-refractivity contribution < 1.29 is 22.8 Å². The van der Waals surface area contributed by atoms with Crippen molar-refractivity contribution in [2.45, 2.75) is 18.6 Å². The lowest BCUT2D eigenvalue weighted by atomic mass is 10.1. The van der Waals surface area contributed by atoms with E-state index in [9.17, 15) is 22.8 Å². The largest absolute Gasteiger partial charge is 0.409 e. The standard InChI is InChI=1S/C19H18F3N3O2/c1-24(13-7-3-2-4-8-13)12-18(27)25-15-10-6-5-9-14(15)23-17(26)11-16(25)19(20,21)22/h2-10,16H,11-12H2,1H3,(H,23,26)/t16-/m0/s1. The van der Waals surface area contributed by atoms with Crippen LogP contribution in [0.3, 0.4) is 0 Å². The maximum Gasteiger partial charge on any atom is 0.409 e. The molecule has 2 aromatic carbocycles. The van der Waals surface area contributed by atoms with E-state index < -0.39 is 30.5 Å². The molecule has 0 aliphatic carbocycles. The average molecular weight is 377 g/mol. The Balaban J connectivity index is 1.97. The number of nitrogens with one attached hydrogen (secondary N) is 1. The van der Waals surface area contributed by atoms with E-state index in [1.165, 1.54) is 18.2 Å². The number of rotatable bonds is 3. The Labute approximate surface area is 154 Å². The lowest BCUT2D eigenvalue weighted by Gasteiger charge is -2.33. The normalized spacial score (nSPS) is 17.0. The SMILES string of the molecule is CN(CC(=O)N1c2ccccc2NC(=O)C[C@H]1C(F)(F)F)c1ccccc1. The molecule has 1 atom stereocenters. The first-order valence-corrected chi connectivity index (χ1v) is 8.31. The number of para-hydroxylation sites is 3. The monoisotopic (exact) mass is 377 g/mol. The minimum Gasteiger partial charge on any atom is -0.365 e. The Morgan fingerprint density at radius 2 is 1.78 bits per heavy atom. The second-order valence-corrected chi connectivity index (χ2v) is 6.28. The number of anilines is 3. The van der Waals surface area contributed by atoms with Gasteiger partial charge in [0.05, 0.1) is 24.3 Å². The molecule has 0 radical (unpaired) electrons. The van der Waals surface area contributed by atoms with Crippen LogP contribution in [0.25, 0.3) is 0 Å². The van der Waals surface area contributed by atoms with E-state index in [0.717, 1.165) is 0 Å².